The first-order chi connectivity index (χ1) is 40.5. The quantitative estimate of drug-likeness (QED) is 0.0261. The zero-order valence-corrected chi connectivity index (χ0v) is 52.9. The molecule has 0 aliphatic carbocycles. The third kappa shape index (κ3) is 65.8. The summed E-state index contributed by atoms with van der Waals surface area (Å²) in [6, 6.07) is 0. The molecule has 0 rings (SSSR count). The van der Waals surface area contributed by atoms with Crippen molar-refractivity contribution in [3.05, 3.63) is 158 Å². The van der Waals surface area contributed by atoms with Gasteiger partial charge in [0.1, 0.15) is 13.2 Å². The predicted octanol–water partition coefficient (Wildman–Crippen LogP) is 23.3. The van der Waals surface area contributed by atoms with Crippen LogP contribution in [0.1, 0.15) is 284 Å². The molecule has 0 aliphatic rings. The predicted molar refractivity (Wildman–Crippen MR) is 357 cm³/mol. The standard InChI is InChI=1S/C76H122O6/c1-4-7-10-13-16-19-22-25-27-29-31-32-33-34-35-36-37-38-39-40-41-42-43-44-46-47-49-51-54-57-60-63-66-69-75(78)81-72-73(71-80-74(77)68-65-62-59-56-53-24-21-18-15-12-9-6-3)82-76(79)70-67-64-61-58-55-52-50-48-45-30-28-26-23-20-17-14-11-8-5-2/h7-8,10-11,16-17,19-20,25-28,31-32,34-35,37-38,40-41,43-45,47-49,73H,4-6,9,12-15,18,21-24,29-30,33,36,39,42,46,50-72H2,1-3H3/b10-7-,11-8-,19-16-,20-17-,27-25-,28-26-,32-31-,35-34-,38-37-,41-40-,44-43-,48-45-,49-47-. The van der Waals surface area contributed by atoms with Crippen LogP contribution >= 0.6 is 0 Å². The normalized spacial score (nSPS) is 13.2. The summed E-state index contributed by atoms with van der Waals surface area (Å²) in [5.41, 5.74) is 0. The van der Waals surface area contributed by atoms with Crippen LogP contribution in [0.25, 0.3) is 0 Å². The number of hydrogen-bond donors (Lipinski definition) is 0. The molecule has 462 valence electrons. The molecule has 1 atom stereocenters. The fourth-order valence-corrected chi connectivity index (χ4v) is 8.84. The fraction of sp³-hybridized carbons (Fsp3) is 0.618. The third-order valence-electron chi connectivity index (χ3n) is 13.8. The Hall–Kier alpha value is -4.97. The first kappa shape index (κ1) is 77.0. The molecule has 0 saturated heterocycles. The highest BCUT2D eigenvalue weighted by Gasteiger charge is 2.19. The maximum Gasteiger partial charge on any atom is 0.306 e. The van der Waals surface area contributed by atoms with Crippen molar-refractivity contribution in [3.63, 3.8) is 0 Å². The Balaban J connectivity index is 4.36. The third-order valence-corrected chi connectivity index (χ3v) is 13.8. The minimum absolute atomic E-state index is 0.0935. The van der Waals surface area contributed by atoms with E-state index in [1.54, 1.807) is 0 Å². The minimum atomic E-state index is -0.800. The van der Waals surface area contributed by atoms with Gasteiger partial charge < -0.3 is 14.2 Å². The maximum absolute atomic E-state index is 12.9. The van der Waals surface area contributed by atoms with Crippen LogP contribution in [0.5, 0.6) is 0 Å². The zero-order chi connectivity index (χ0) is 59.2. The highest BCUT2D eigenvalue weighted by atomic mass is 16.6. The van der Waals surface area contributed by atoms with E-state index >= 15 is 0 Å². The largest absolute Gasteiger partial charge is 0.462 e. The van der Waals surface area contributed by atoms with Gasteiger partial charge in [-0.2, -0.15) is 0 Å². The molecule has 0 aromatic carbocycles. The summed E-state index contributed by atoms with van der Waals surface area (Å²) >= 11 is 0. The Morgan fingerprint density at radius 2 is 0.476 bits per heavy atom. The van der Waals surface area contributed by atoms with E-state index in [-0.39, 0.29) is 31.1 Å². The molecule has 0 saturated carbocycles. The van der Waals surface area contributed by atoms with Gasteiger partial charge in [-0.3, -0.25) is 14.4 Å². The van der Waals surface area contributed by atoms with Crippen LogP contribution in [0.3, 0.4) is 0 Å². The van der Waals surface area contributed by atoms with E-state index in [0.717, 1.165) is 173 Å². The van der Waals surface area contributed by atoms with Gasteiger partial charge in [0.05, 0.1) is 0 Å². The summed E-state index contributed by atoms with van der Waals surface area (Å²) in [6.07, 6.45) is 99.7. The van der Waals surface area contributed by atoms with Crippen LogP contribution in [0.4, 0.5) is 0 Å². The van der Waals surface area contributed by atoms with Crippen molar-refractivity contribution in [2.24, 2.45) is 0 Å². The fourth-order valence-electron chi connectivity index (χ4n) is 8.84. The molecule has 6 nitrogen and oxygen atoms in total. The van der Waals surface area contributed by atoms with Gasteiger partial charge in [-0.25, -0.2) is 0 Å². The van der Waals surface area contributed by atoms with Crippen molar-refractivity contribution in [1.82, 2.24) is 0 Å². The summed E-state index contributed by atoms with van der Waals surface area (Å²) < 4.78 is 16.9. The van der Waals surface area contributed by atoms with Gasteiger partial charge >= 0.3 is 17.9 Å². The van der Waals surface area contributed by atoms with E-state index in [0.29, 0.717) is 19.3 Å². The number of esters is 3. The van der Waals surface area contributed by atoms with Crippen LogP contribution < -0.4 is 0 Å². The number of rotatable bonds is 59. The highest BCUT2D eigenvalue weighted by Crippen LogP contribution is 2.15. The lowest BCUT2D eigenvalue weighted by Gasteiger charge is -2.18. The Morgan fingerprint density at radius 1 is 0.256 bits per heavy atom. The van der Waals surface area contributed by atoms with Crippen LogP contribution in [0.15, 0.2) is 158 Å². The molecule has 82 heavy (non-hydrogen) atoms. The smallest absolute Gasteiger partial charge is 0.306 e. The Kier molecular flexibility index (Phi) is 64.4. The SMILES string of the molecule is CC/C=C\C/C=C\C/C=C\C/C=C\C/C=C\C/C=C\C/C=C\C/C=C\C/C=C\CCCCCCCC(=O)OCC(COC(=O)CCCCCCCCCCCCCC)OC(=O)CCCCCCCC/C=C\C/C=C\C/C=C\C/C=C\CC. The maximum atomic E-state index is 12.9. The Bertz CT molecular complexity index is 1830. The van der Waals surface area contributed by atoms with Crippen molar-refractivity contribution in [3.8, 4) is 0 Å². The van der Waals surface area contributed by atoms with E-state index in [9.17, 15) is 14.4 Å². The van der Waals surface area contributed by atoms with Gasteiger partial charge in [0.25, 0.3) is 0 Å². The van der Waals surface area contributed by atoms with Gasteiger partial charge in [0.15, 0.2) is 6.10 Å². The summed E-state index contributed by atoms with van der Waals surface area (Å²) in [5.74, 6) is -0.927. The van der Waals surface area contributed by atoms with E-state index in [1.807, 2.05) is 0 Å². The highest BCUT2D eigenvalue weighted by molar-refractivity contribution is 5.71. The minimum Gasteiger partial charge on any atom is -0.462 e. The van der Waals surface area contributed by atoms with Gasteiger partial charge in [-0.15, -0.1) is 0 Å². The molecule has 0 amide bonds. The number of unbranched alkanes of at least 4 members (excludes halogenated alkanes) is 22. The number of allylic oxidation sites excluding steroid dienone is 26. The van der Waals surface area contributed by atoms with Crippen molar-refractivity contribution < 1.29 is 28.6 Å². The second kappa shape index (κ2) is 68.5. The molecule has 1 unspecified atom stereocenters. The molecule has 6 heteroatoms. The molecule has 0 aromatic rings. The number of carbonyl (C=O) groups excluding carboxylic acids is 3. The molecule has 0 aliphatic heterocycles. The Labute approximate surface area is 505 Å². The molecular weight excluding hydrogens is 1010 g/mol. The van der Waals surface area contributed by atoms with Gasteiger partial charge in [-0.1, -0.05) is 294 Å². The summed E-state index contributed by atoms with van der Waals surface area (Å²) in [6.45, 7) is 6.39. The summed E-state index contributed by atoms with van der Waals surface area (Å²) in [5, 5.41) is 0. The van der Waals surface area contributed by atoms with Crippen molar-refractivity contribution in [2.75, 3.05) is 13.2 Å². The zero-order valence-electron chi connectivity index (χ0n) is 52.9. The van der Waals surface area contributed by atoms with Crippen LogP contribution in [-0.4, -0.2) is 37.2 Å². The van der Waals surface area contributed by atoms with Crippen molar-refractivity contribution >= 4 is 17.9 Å². The monoisotopic (exact) mass is 1130 g/mol. The molecule has 0 N–H and O–H groups in total. The first-order valence-electron chi connectivity index (χ1n) is 33.5. The number of carbonyl (C=O) groups is 3. The molecule has 0 fully saturated rings. The molecule has 0 bridgehead atoms. The summed E-state index contributed by atoms with van der Waals surface area (Å²) in [4.78, 5) is 38.3. The van der Waals surface area contributed by atoms with E-state index < -0.39 is 6.10 Å². The first-order valence-corrected chi connectivity index (χ1v) is 33.5. The number of hydrogen-bond acceptors (Lipinski definition) is 6. The lowest BCUT2D eigenvalue weighted by Crippen LogP contribution is -2.30. The van der Waals surface area contributed by atoms with Crippen molar-refractivity contribution in [1.29, 1.82) is 0 Å². The second-order valence-electron chi connectivity index (χ2n) is 21.6. The van der Waals surface area contributed by atoms with Gasteiger partial charge in [0, 0.05) is 19.3 Å². The molecule has 0 spiro atoms. The second-order valence-corrected chi connectivity index (χ2v) is 21.6. The topological polar surface area (TPSA) is 78.9 Å². The van der Waals surface area contributed by atoms with E-state index in [2.05, 4.69) is 179 Å². The van der Waals surface area contributed by atoms with E-state index in [4.69, 9.17) is 14.2 Å². The van der Waals surface area contributed by atoms with Crippen molar-refractivity contribution in [2.45, 2.75) is 290 Å². The lowest BCUT2D eigenvalue weighted by molar-refractivity contribution is -0.167. The molecule has 0 aromatic heterocycles. The van der Waals surface area contributed by atoms with Gasteiger partial charge in [0.2, 0.25) is 0 Å². The Morgan fingerprint density at radius 3 is 0.744 bits per heavy atom. The van der Waals surface area contributed by atoms with Crippen LogP contribution in [0, 0.1) is 0 Å². The number of ether oxygens (including phenoxy) is 3. The van der Waals surface area contributed by atoms with Crippen LogP contribution in [-0.2, 0) is 28.6 Å². The summed E-state index contributed by atoms with van der Waals surface area (Å²) in [7, 11) is 0. The molecule has 0 radical (unpaired) electrons. The lowest BCUT2D eigenvalue weighted by atomic mass is 10.0. The molecular formula is C76H122O6. The average Bonchev–Trinajstić information content (AvgIpc) is 3.47. The van der Waals surface area contributed by atoms with E-state index in [1.165, 1.54) is 70.6 Å². The van der Waals surface area contributed by atoms with Crippen LogP contribution in [0.2, 0.25) is 0 Å². The van der Waals surface area contributed by atoms with Gasteiger partial charge in [-0.05, 0) is 128 Å². The molecule has 0 heterocycles. The average molecular weight is 1130 g/mol.